The van der Waals surface area contributed by atoms with Crippen LogP contribution in [0.1, 0.15) is 52.7 Å². The predicted molar refractivity (Wildman–Crippen MR) is 158 cm³/mol. The molecule has 0 aliphatic carbocycles. The molecule has 4 rings (SSSR count). The number of likely N-dealkylation sites (tertiary alicyclic amines) is 1. The summed E-state index contributed by atoms with van der Waals surface area (Å²) in [6.07, 6.45) is 1.55. The molecule has 0 spiro atoms. The number of alkyl carbamates (subject to hydrolysis) is 1. The van der Waals surface area contributed by atoms with Crippen molar-refractivity contribution >= 4 is 12.0 Å². The topological polar surface area (TPSA) is 90.9 Å². The van der Waals surface area contributed by atoms with E-state index in [0.29, 0.717) is 61.2 Å². The molecule has 1 saturated heterocycles. The number of aliphatic hydroxyl groups is 1. The SMILES string of the molecule is CNCc1ccc(C(=O)N2CCC[C@@H](C(O)(CCCNC(=O)OC)c3cccc(F)c3-c3cccc(C)c3)C2)cc1. The standard InChI is InChI=1S/C33H40FN3O4/c1-23-8-4-9-26(20-23)30-28(11-5-12-29(30)34)33(40,17-7-18-36-32(39)41-3)27-10-6-19-37(22-27)31(38)25-15-13-24(14-16-25)21-35-2/h4-5,8-9,11-16,20,27,35,40H,6-7,10,17-19,21-22H2,1-3H3,(H,36,39)/t27-,33?/m1/s1. The van der Waals surface area contributed by atoms with Gasteiger partial charge in [-0.25, -0.2) is 9.18 Å². The number of ether oxygens (including phenoxy) is 1. The van der Waals surface area contributed by atoms with Crippen molar-refractivity contribution in [3.63, 3.8) is 0 Å². The number of carbonyl (C=O) groups is 2. The maximum atomic E-state index is 15.6. The first kappa shape index (κ1) is 30.2. The molecule has 1 heterocycles. The number of hydrogen-bond acceptors (Lipinski definition) is 5. The zero-order valence-corrected chi connectivity index (χ0v) is 24.1. The second-order valence-corrected chi connectivity index (χ2v) is 10.8. The van der Waals surface area contributed by atoms with Crippen molar-refractivity contribution in [3.8, 4) is 11.1 Å². The number of methoxy groups -OCH3 is 1. The second kappa shape index (κ2) is 13.7. The third-order valence-electron chi connectivity index (χ3n) is 7.94. The van der Waals surface area contributed by atoms with Gasteiger partial charge in [0, 0.05) is 43.2 Å². The van der Waals surface area contributed by atoms with Crippen molar-refractivity contribution in [1.82, 2.24) is 15.5 Å². The molecule has 218 valence electrons. The van der Waals surface area contributed by atoms with E-state index in [2.05, 4.69) is 15.4 Å². The molecule has 0 aromatic heterocycles. The molecular weight excluding hydrogens is 521 g/mol. The van der Waals surface area contributed by atoms with Gasteiger partial charge in [-0.3, -0.25) is 4.79 Å². The average molecular weight is 562 g/mol. The van der Waals surface area contributed by atoms with Crippen LogP contribution >= 0.6 is 0 Å². The molecule has 3 aromatic carbocycles. The van der Waals surface area contributed by atoms with Crippen molar-refractivity contribution in [2.24, 2.45) is 5.92 Å². The molecule has 8 heteroatoms. The number of nitrogens with zero attached hydrogens (tertiary/aromatic N) is 1. The van der Waals surface area contributed by atoms with Crippen LogP contribution in [-0.4, -0.2) is 55.8 Å². The molecule has 1 fully saturated rings. The normalized spacial score (nSPS) is 16.6. The number of carbonyl (C=O) groups excluding carboxylic acids is 2. The van der Waals surface area contributed by atoms with Gasteiger partial charge in [-0.2, -0.15) is 0 Å². The molecule has 7 nitrogen and oxygen atoms in total. The van der Waals surface area contributed by atoms with Gasteiger partial charge in [-0.15, -0.1) is 0 Å². The lowest BCUT2D eigenvalue weighted by atomic mass is 9.72. The molecule has 3 aromatic rings. The summed E-state index contributed by atoms with van der Waals surface area (Å²) in [5.41, 5.74) is 2.77. The highest BCUT2D eigenvalue weighted by Crippen LogP contribution is 2.44. The van der Waals surface area contributed by atoms with Crippen LogP contribution in [0, 0.1) is 18.7 Å². The van der Waals surface area contributed by atoms with Gasteiger partial charge in [0.2, 0.25) is 0 Å². The Hall–Kier alpha value is -3.75. The molecule has 41 heavy (non-hydrogen) atoms. The Morgan fingerprint density at radius 3 is 2.59 bits per heavy atom. The minimum absolute atomic E-state index is 0.0847. The Morgan fingerprint density at radius 2 is 1.88 bits per heavy atom. The fourth-order valence-corrected chi connectivity index (χ4v) is 5.86. The number of hydrogen-bond donors (Lipinski definition) is 3. The summed E-state index contributed by atoms with van der Waals surface area (Å²) < 4.78 is 20.2. The number of nitrogens with one attached hydrogen (secondary N) is 2. The molecule has 2 amide bonds. The van der Waals surface area contributed by atoms with Crippen LogP contribution in [0.4, 0.5) is 9.18 Å². The van der Waals surface area contributed by atoms with Crippen molar-refractivity contribution in [2.45, 2.75) is 44.8 Å². The summed E-state index contributed by atoms with van der Waals surface area (Å²) in [6, 6.07) is 20.0. The van der Waals surface area contributed by atoms with Crippen molar-refractivity contribution in [3.05, 3.63) is 94.8 Å². The first-order chi connectivity index (χ1) is 19.8. The predicted octanol–water partition coefficient (Wildman–Crippen LogP) is 5.40. The molecule has 1 aliphatic heterocycles. The molecule has 0 bridgehead atoms. The lowest BCUT2D eigenvalue weighted by Gasteiger charge is -2.43. The second-order valence-electron chi connectivity index (χ2n) is 10.8. The van der Waals surface area contributed by atoms with E-state index in [4.69, 9.17) is 0 Å². The zero-order chi connectivity index (χ0) is 29.4. The van der Waals surface area contributed by atoms with E-state index in [-0.39, 0.29) is 18.2 Å². The van der Waals surface area contributed by atoms with Crippen LogP contribution in [0.15, 0.2) is 66.7 Å². The number of aryl methyl sites for hydroxylation is 1. The first-order valence-corrected chi connectivity index (χ1v) is 14.2. The van der Waals surface area contributed by atoms with Gasteiger partial charge >= 0.3 is 6.09 Å². The Kier molecular flexibility index (Phi) is 10.1. The van der Waals surface area contributed by atoms with E-state index in [9.17, 15) is 14.7 Å². The molecule has 3 N–H and O–H groups in total. The Morgan fingerprint density at radius 1 is 1.12 bits per heavy atom. The number of piperidine rings is 1. The average Bonchev–Trinajstić information content (AvgIpc) is 2.99. The highest BCUT2D eigenvalue weighted by molar-refractivity contribution is 5.94. The number of halogens is 1. The molecular formula is C33H40FN3O4. The van der Waals surface area contributed by atoms with Gasteiger partial charge in [-0.05, 0) is 74.5 Å². The van der Waals surface area contributed by atoms with Gasteiger partial charge in [-0.1, -0.05) is 54.1 Å². The van der Waals surface area contributed by atoms with Crippen LogP contribution < -0.4 is 10.6 Å². The lowest BCUT2D eigenvalue weighted by Crippen LogP contribution is -2.48. The van der Waals surface area contributed by atoms with E-state index >= 15 is 4.39 Å². The first-order valence-electron chi connectivity index (χ1n) is 14.2. The fourth-order valence-electron chi connectivity index (χ4n) is 5.86. The third-order valence-corrected chi connectivity index (χ3v) is 7.94. The maximum absolute atomic E-state index is 15.6. The molecule has 0 radical (unpaired) electrons. The van der Waals surface area contributed by atoms with E-state index in [1.165, 1.54) is 13.2 Å². The van der Waals surface area contributed by atoms with Gasteiger partial charge in [0.15, 0.2) is 0 Å². The Labute approximate surface area is 241 Å². The largest absolute Gasteiger partial charge is 0.453 e. The highest BCUT2D eigenvalue weighted by atomic mass is 19.1. The van der Waals surface area contributed by atoms with Crippen molar-refractivity contribution in [2.75, 3.05) is 33.8 Å². The summed E-state index contributed by atoms with van der Waals surface area (Å²) in [5, 5.41) is 18.4. The van der Waals surface area contributed by atoms with Crippen molar-refractivity contribution in [1.29, 1.82) is 0 Å². The maximum Gasteiger partial charge on any atom is 0.406 e. The number of amides is 2. The van der Waals surface area contributed by atoms with Crippen LogP contribution in [0.2, 0.25) is 0 Å². The van der Waals surface area contributed by atoms with Gasteiger partial charge in [0.1, 0.15) is 5.82 Å². The van der Waals surface area contributed by atoms with Crippen LogP contribution in [-0.2, 0) is 16.9 Å². The van der Waals surface area contributed by atoms with E-state index in [0.717, 1.165) is 17.7 Å². The van der Waals surface area contributed by atoms with Gasteiger partial charge < -0.3 is 25.4 Å². The molecule has 1 aliphatic rings. The van der Waals surface area contributed by atoms with Crippen LogP contribution in [0.5, 0.6) is 0 Å². The smallest absolute Gasteiger partial charge is 0.406 e. The minimum Gasteiger partial charge on any atom is -0.453 e. The monoisotopic (exact) mass is 561 g/mol. The fraction of sp³-hybridized carbons (Fsp3) is 0.394. The zero-order valence-electron chi connectivity index (χ0n) is 24.1. The molecule has 0 saturated carbocycles. The molecule has 2 atom stereocenters. The van der Waals surface area contributed by atoms with Crippen molar-refractivity contribution < 1.29 is 23.8 Å². The lowest BCUT2D eigenvalue weighted by molar-refractivity contribution is -0.0564. The highest BCUT2D eigenvalue weighted by Gasteiger charge is 2.43. The van der Waals surface area contributed by atoms with Gasteiger partial charge in [0.05, 0.1) is 12.7 Å². The Bertz CT molecular complexity index is 1350. The van der Waals surface area contributed by atoms with E-state index in [1.807, 2.05) is 62.5 Å². The minimum atomic E-state index is -1.45. The summed E-state index contributed by atoms with van der Waals surface area (Å²) in [5.74, 6) is -0.838. The number of rotatable bonds is 10. The Balaban J connectivity index is 1.67. The quantitative estimate of drug-likeness (QED) is 0.289. The molecule has 1 unspecified atom stereocenters. The summed E-state index contributed by atoms with van der Waals surface area (Å²) >= 11 is 0. The van der Waals surface area contributed by atoms with E-state index in [1.54, 1.807) is 17.0 Å². The van der Waals surface area contributed by atoms with Crippen LogP contribution in [0.3, 0.4) is 0 Å². The summed E-state index contributed by atoms with van der Waals surface area (Å²) in [7, 11) is 3.18. The number of benzene rings is 3. The van der Waals surface area contributed by atoms with Gasteiger partial charge in [0.25, 0.3) is 5.91 Å². The third kappa shape index (κ3) is 7.13. The van der Waals surface area contributed by atoms with Crippen LogP contribution in [0.25, 0.3) is 11.1 Å². The summed E-state index contributed by atoms with van der Waals surface area (Å²) in [6.45, 7) is 3.88. The summed E-state index contributed by atoms with van der Waals surface area (Å²) in [4.78, 5) is 27.0. The van der Waals surface area contributed by atoms with E-state index < -0.39 is 17.5 Å².